The summed E-state index contributed by atoms with van der Waals surface area (Å²) in [4.78, 5) is 0. The van der Waals surface area contributed by atoms with Gasteiger partial charge in [0.2, 0.25) is 0 Å². The van der Waals surface area contributed by atoms with E-state index in [0.29, 0.717) is 11.2 Å². The Balaban J connectivity index is 2.34. The maximum Gasteiger partial charge on any atom is 0.363 e. The van der Waals surface area contributed by atoms with Crippen LogP contribution in [0, 0.1) is 6.92 Å². The fourth-order valence-electron chi connectivity index (χ4n) is 2.62. The quantitative estimate of drug-likeness (QED) is 0.662. The molecule has 0 fully saturated rings. The molecule has 0 spiro atoms. The molecule has 23 heavy (non-hydrogen) atoms. The summed E-state index contributed by atoms with van der Waals surface area (Å²) in [5.74, 6) is -0.934. The average molecular weight is 336 g/mol. The monoisotopic (exact) mass is 336 g/mol. The third-order valence-corrected chi connectivity index (χ3v) is 5.82. The van der Waals surface area contributed by atoms with E-state index in [9.17, 15) is 4.57 Å². The number of benzene rings is 1. The summed E-state index contributed by atoms with van der Waals surface area (Å²) in [6.45, 7) is 1.99. The molecule has 1 atom stereocenters. The maximum atomic E-state index is 12.8. The minimum atomic E-state index is -3.51. The second-order valence-electron chi connectivity index (χ2n) is 5.07. The molecule has 0 saturated heterocycles. The van der Waals surface area contributed by atoms with E-state index < -0.39 is 13.4 Å². The lowest BCUT2D eigenvalue weighted by Gasteiger charge is -2.23. The van der Waals surface area contributed by atoms with Gasteiger partial charge in [0.15, 0.2) is 11.5 Å². The number of aryl methyl sites for hydroxylation is 1. The molecule has 2 aromatic heterocycles. The molecule has 0 aliphatic rings. The molecule has 3 rings (SSSR count). The zero-order valence-corrected chi connectivity index (χ0v) is 14.2. The van der Waals surface area contributed by atoms with E-state index in [0.717, 1.165) is 16.5 Å². The van der Waals surface area contributed by atoms with Gasteiger partial charge in [-0.05, 0) is 35.5 Å². The molecular weight excluding hydrogens is 319 g/mol. The van der Waals surface area contributed by atoms with Crippen molar-refractivity contribution in [2.45, 2.75) is 12.8 Å². The van der Waals surface area contributed by atoms with Crippen molar-refractivity contribution in [3.63, 3.8) is 0 Å². The van der Waals surface area contributed by atoms with Crippen LogP contribution < -0.4 is 0 Å². The highest BCUT2D eigenvalue weighted by atomic mass is 31.2. The van der Waals surface area contributed by atoms with Gasteiger partial charge < -0.3 is 13.8 Å². The lowest BCUT2D eigenvalue weighted by molar-refractivity contribution is 0.124. The van der Waals surface area contributed by atoms with Crippen LogP contribution in [0.5, 0.6) is 0 Å². The number of rotatable bonds is 5. The third-order valence-electron chi connectivity index (χ3n) is 3.74. The summed E-state index contributed by atoms with van der Waals surface area (Å²) < 4.78 is 30.0. The summed E-state index contributed by atoms with van der Waals surface area (Å²) >= 11 is 0. The highest BCUT2D eigenvalue weighted by Gasteiger charge is 2.38. The minimum absolute atomic E-state index is 0.447. The van der Waals surface area contributed by atoms with Gasteiger partial charge in [-0.2, -0.15) is 4.52 Å². The predicted molar refractivity (Wildman–Crippen MR) is 84.4 cm³/mol. The van der Waals surface area contributed by atoms with Gasteiger partial charge in [-0.1, -0.05) is 11.6 Å². The topological polar surface area (TPSA) is 87.8 Å². The van der Waals surface area contributed by atoms with E-state index in [4.69, 9.17) is 13.8 Å². The molecule has 0 aliphatic carbocycles. The van der Waals surface area contributed by atoms with Gasteiger partial charge in [-0.25, -0.2) is 0 Å². The van der Waals surface area contributed by atoms with Crippen LogP contribution in [0.4, 0.5) is 0 Å². The summed E-state index contributed by atoms with van der Waals surface area (Å²) in [5, 5.41) is 12.7. The number of nitrogens with zero attached hydrogens (tertiary/aromatic N) is 4. The normalized spacial score (nSPS) is 13.7. The first-order chi connectivity index (χ1) is 11.0. The Labute approximate surface area is 132 Å². The zero-order chi connectivity index (χ0) is 16.6. The number of hydrogen-bond donors (Lipinski definition) is 0. The molecule has 0 aliphatic heterocycles. The smallest absolute Gasteiger partial charge is 0.363 e. The van der Waals surface area contributed by atoms with Gasteiger partial charge in [-0.3, -0.25) is 4.57 Å². The average Bonchev–Trinajstić information content (AvgIpc) is 3.04. The molecule has 1 unspecified atom stereocenters. The number of fused-ring (bicyclic) bond motifs is 3. The van der Waals surface area contributed by atoms with Crippen LogP contribution in [0.1, 0.15) is 17.0 Å². The molecule has 122 valence electrons. The predicted octanol–water partition coefficient (Wildman–Crippen LogP) is 2.72. The highest BCUT2D eigenvalue weighted by molar-refractivity contribution is 7.54. The minimum Gasteiger partial charge on any atom is -0.364 e. The second kappa shape index (κ2) is 5.98. The first-order valence-corrected chi connectivity index (χ1v) is 8.50. The number of pyridine rings is 1. The standard InChI is InChI=1S/C14H17N4O4P/c1-9-5-6-12-10(7-9)8-11(13-15-16-17-18(12)13)14(20-2)23(19,21-3)22-4/h5-8,14H,1-4H3. The van der Waals surface area contributed by atoms with Crippen molar-refractivity contribution >= 4 is 24.1 Å². The Morgan fingerprint density at radius 3 is 2.57 bits per heavy atom. The number of tetrazole rings is 1. The molecule has 0 bridgehead atoms. The van der Waals surface area contributed by atoms with Crippen LogP contribution in [0.2, 0.25) is 0 Å². The van der Waals surface area contributed by atoms with Gasteiger partial charge in [0.05, 0.1) is 5.52 Å². The molecule has 0 saturated carbocycles. The van der Waals surface area contributed by atoms with Crippen molar-refractivity contribution in [2.75, 3.05) is 21.3 Å². The lowest BCUT2D eigenvalue weighted by atomic mass is 10.1. The van der Waals surface area contributed by atoms with Crippen molar-refractivity contribution in [2.24, 2.45) is 0 Å². The fraction of sp³-hybridized carbons (Fsp3) is 0.357. The van der Waals surface area contributed by atoms with Crippen molar-refractivity contribution < 1.29 is 18.3 Å². The Hall–Kier alpha value is -1.86. The van der Waals surface area contributed by atoms with E-state index >= 15 is 0 Å². The largest absolute Gasteiger partial charge is 0.364 e. The van der Waals surface area contributed by atoms with Crippen LogP contribution in [-0.2, 0) is 18.3 Å². The first kappa shape index (κ1) is 16.0. The SMILES string of the molecule is COC(c1cc2cc(C)ccc2n2nnnc12)P(=O)(OC)OC. The molecule has 0 N–H and O–H groups in total. The van der Waals surface area contributed by atoms with Crippen molar-refractivity contribution in [3.05, 3.63) is 35.4 Å². The van der Waals surface area contributed by atoms with Gasteiger partial charge in [0, 0.05) is 32.3 Å². The van der Waals surface area contributed by atoms with Crippen LogP contribution in [-0.4, -0.2) is 41.4 Å². The molecule has 2 heterocycles. The number of methoxy groups -OCH3 is 1. The van der Waals surface area contributed by atoms with Crippen molar-refractivity contribution in [3.8, 4) is 0 Å². The molecule has 9 heteroatoms. The maximum absolute atomic E-state index is 12.8. The van der Waals surface area contributed by atoms with E-state index in [1.165, 1.54) is 21.3 Å². The van der Waals surface area contributed by atoms with E-state index in [1.807, 2.05) is 31.2 Å². The van der Waals surface area contributed by atoms with Crippen LogP contribution in [0.25, 0.3) is 16.6 Å². The number of aromatic nitrogens is 4. The van der Waals surface area contributed by atoms with E-state index in [2.05, 4.69) is 15.5 Å². The molecule has 3 aromatic rings. The van der Waals surface area contributed by atoms with Crippen LogP contribution >= 0.6 is 7.60 Å². The lowest BCUT2D eigenvalue weighted by Crippen LogP contribution is -2.08. The number of ether oxygens (including phenoxy) is 1. The Morgan fingerprint density at radius 1 is 1.17 bits per heavy atom. The van der Waals surface area contributed by atoms with Gasteiger partial charge in [0.25, 0.3) is 0 Å². The fourth-order valence-corrected chi connectivity index (χ4v) is 3.94. The highest BCUT2D eigenvalue weighted by Crippen LogP contribution is 2.60. The molecule has 0 radical (unpaired) electrons. The van der Waals surface area contributed by atoms with Crippen LogP contribution in [0.3, 0.4) is 0 Å². The Morgan fingerprint density at radius 2 is 1.91 bits per heavy atom. The third kappa shape index (κ3) is 2.53. The molecule has 1 aromatic carbocycles. The Kier molecular flexibility index (Phi) is 4.16. The second-order valence-corrected chi connectivity index (χ2v) is 7.35. The number of hydrogen-bond acceptors (Lipinski definition) is 7. The first-order valence-electron chi connectivity index (χ1n) is 6.89. The summed E-state index contributed by atoms with van der Waals surface area (Å²) in [5.41, 5.74) is 2.93. The summed E-state index contributed by atoms with van der Waals surface area (Å²) in [7, 11) is 0.567. The zero-order valence-electron chi connectivity index (χ0n) is 13.3. The van der Waals surface area contributed by atoms with E-state index in [1.54, 1.807) is 4.52 Å². The van der Waals surface area contributed by atoms with Gasteiger partial charge in [-0.15, -0.1) is 5.10 Å². The van der Waals surface area contributed by atoms with Crippen molar-refractivity contribution in [1.29, 1.82) is 0 Å². The Bertz CT molecular complexity index is 902. The van der Waals surface area contributed by atoms with Gasteiger partial charge >= 0.3 is 7.60 Å². The molecule has 8 nitrogen and oxygen atoms in total. The summed E-state index contributed by atoms with van der Waals surface area (Å²) in [6.07, 6.45) is 0. The van der Waals surface area contributed by atoms with Crippen LogP contribution in [0.15, 0.2) is 24.3 Å². The molecule has 0 amide bonds. The van der Waals surface area contributed by atoms with Gasteiger partial charge in [0.1, 0.15) is 0 Å². The van der Waals surface area contributed by atoms with E-state index in [-0.39, 0.29) is 0 Å². The van der Waals surface area contributed by atoms with Crippen molar-refractivity contribution in [1.82, 2.24) is 20.0 Å². The molecular formula is C14H17N4O4P. The summed E-state index contributed by atoms with van der Waals surface area (Å²) in [6, 6.07) is 7.77.